The molecule has 0 aromatic heterocycles. The number of rotatable bonds is 6. The number of methoxy groups -OCH3 is 1. The van der Waals surface area contributed by atoms with Gasteiger partial charge in [0.25, 0.3) is 11.8 Å². The molecule has 30 heavy (non-hydrogen) atoms. The number of amides is 3. The Bertz CT molecular complexity index is 1030. The summed E-state index contributed by atoms with van der Waals surface area (Å²) in [5.74, 6) is -1.14. The summed E-state index contributed by atoms with van der Waals surface area (Å²) in [6.45, 7) is 0.102. The minimum Gasteiger partial charge on any atom is -0.468 e. The Morgan fingerprint density at radius 2 is 1.70 bits per heavy atom. The first-order valence-electron chi connectivity index (χ1n) is 9.69. The molecular formula is C22H21N3O5. The van der Waals surface area contributed by atoms with Gasteiger partial charge in [-0.3, -0.25) is 24.1 Å². The minimum atomic E-state index is -0.533. The summed E-state index contributed by atoms with van der Waals surface area (Å²) in [5.41, 5.74) is 2.42. The molecule has 154 valence electrons. The first-order valence-corrected chi connectivity index (χ1v) is 9.69. The van der Waals surface area contributed by atoms with Gasteiger partial charge >= 0.3 is 5.97 Å². The maximum atomic E-state index is 13.2. The molecule has 1 N–H and O–H groups in total. The average molecular weight is 407 g/mol. The number of esters is 1. The van der Waals surface area contributed by atoms with Crippen molar-refractivity contribution in [1.29, 1.82) is 0 Å². The summed E-state index contributed by atoms with van der Waals surface area (Å²) in [5, 5.41) is 2.49. The van der Waals surface area contributed by atoms with Crippen molar-refractivity contribution in [3.05, 3.63) is 65.2 Å². The van der Waals surface area contributed by atoms with Crippen LogP contribution >= 0.6 is 0 Å². The molecule has 0 saturated heterocycles. The third-order valence-corrected chi connectivity index (χ3v) is 5.34. The third-order valence-electron chi connectivity index (χ3n) is 5.34. The number of benzene rings is 2. The van der Waals surface area contributed by atoms with Gasteiger partial charge in [0, 0.05) is 24.1 Å². The number of nitrogens with one attached hydrogen (secondary N) is 1. The molecule has 0 unspecified atom stereocenters. The Balaban J connectivity index is 1.56. The van der Waals surface area contributed by atoms with Crippen LogP contribution in [0.4, 0.5) is 5.69 Å². The van der Waals surface area contributed by atoms with Crippen molar-refractivity contribution >= 4 is 29.4 Å². The second-order valence-electron chi connectivity index (χ2n) is 7.11. The van der Waals surface area contributed by atoms with Crippen LogP contribution in [0, 0.1) is 0 Å². The SMILES string of the molecule is COC(=O)CNC(=O)CCCN1C(=O)c2ccccc2N2C(=O)c3ccccc3[C@@H]12. The van der Waals surface area contributed by atoms with Gasteiger partial charge in [-0.25, -0.2) is 0 Å². The lowest BCUT2D eigenvalue weighted by Crippen LogP contribution is -2.48. The third kappa shape index (κ3) is 3.30. The molecular weight excluding hydrogens is 386 g/mol. The molecule has 2 aromatic carbocycles. The highest BCUT2D eigenvalue weighted by Crippen LogP contribution is 2.45. The number of fused-ring (bicyclic) bond motifs is 5. The van der Waals surface area contributed by atoms with Crippen LogP contribution < -0.4 is 10.2 Å². The van der Waals surface area contributed by atoms with E-state index in [1.54, 1.807) is 46.2 Å². The fourth-order valence-electron chi connectivity index (χ4n) is 3.94. The zero-order valence-electron chi connectivity index (χ0n) is 16.5. The van der Waals surface area contributed by atoms with Crippen molar-refractivity contribution in [2.24, 2.45) is 0 Å². The lowest BCUT2D eigenvalue weighted by atomic mass is 10.0. The van der Waals surface area contributed by atoms with E-state index in [2.05, 4.69) is 10.1 Å². The molecule has 2 heterocycles. The van der Waals surface area contributed by atoms with Crippen molar-refractivity contribution in [2.45, 2.75) is 19.0 Å². The van der Waals surface area contributed by atoms with Gasteiger partial charge in [0.2, 0.25) is 5.91 Å². The molecule has 0 radical (unpaired) electrons. The summed E-state index contributed by atoms with van der Waals surface area (Å²) >= 11 is 0. The van der Waals surface area contributed by atoms with E-state index in [9.17, 15) is 19.2 Å². The first kappa shape index (κ1) is 19.6. The highest BCUT2D eigenvalue weighted by molar-refractivity contribution is 6.16. The molecule has 0 fully saturated rings. The fourth-order valence-corrected chi connectivity index (χ4v) is 3.94. The van der Waals surface area contributed by atoms with Crippen molar-refractivity contribution in [1.82, 2.24) is 10.2 Å². The topological polar surface area (TPSA) is 96.0 Å². The van der Waals surface area contributed by atoms with E-state index >= 15 is 0 Å². The molecule has 2 aliphatic heterocycles. The molecule has 0 aliphatic carbocycles. The molecule has 4 rings (SSSR count). The average Bonchev–Trinajstić information content (AvgIpc) is 3.07. The summed E-state index contributed by atoms with van der Waals surface area (Å²) in [6, 6.07) is 14.3. The maximum Gasteiger partial charge on any atom is 0.325 e. The Labute approximate surface area is 173 Å². The van der Waals surface area contributed by atoms with E-state index in [4.69, 9.17) is 0 Å². The van der Waals surface area contributed by atoms with Crippen molar-refractivity contribution in [3.8, 4) is 0 Å². The minimum absolute atomic E-state index is 0.142. The molecule has 3 amide bonds. The quantitative estimate of drug-likeness (QED) is 0.738. The Kier molecular flexibility index (Phi) is 5.22. The van der Waals surface area contributed by atoms with Crippen LogP contribution in [-0.4, -0.2) is 48.8 Å². The van der Waals surface area contributed by atoms with E-state index in [0.29, 0.717) is 29.8 Å². The number of nitrogens with zero attached hydrogens (tertiary/aromatic N) is 2. The second-order valence-corrected chi connectivity index (χ2v) is 7.11. The standard InChI is InChI=1S/C22H21N3O5/c1-30-19(27)13-23-18(26)11-6-12-24-20-14-7-2-3-8-15(14)22(29)25(20)17-10-5-4-9-16(17)21(24)28/h2-5,7-10,20H,6,11-13H2,1H3,(H,23,26)/t20-/m0/s1. The molecule has 8 nitrogen and oxygen atoms in total. The first-order chi connectivity index (χ1) is 14.5. The van der Waals surface area contributed by atoms with Crippen LogP contribution in [-0.2, 0) is 14.3 Å². The van der Waals surface area contributed by atoms with Gasteiger partial charge in [0.15, 0.2) is 0 Å². The normalized spacial score (nSPS) is 16.6. The maximum absolute atomic E-state index is 13.2. The van der Waals surface area contributed by atoms with E-state index < -0.39 is 12.1 Å². The summed E-state index contributed by atoms with van der Waals surface area (Å²) < 4.78 is 4.49. The monoisotopic (exact) mass is 407 g/mol. The number of ether oxygens (including phenoxy) is 1. The van der Waals surface area contributed by atoms with E-state index in [0.717, 1.165) is 5.56 Å². The fraction of sp³-hybridized carbons (Fsp3) is 0.273. The summed E-state index contributed by atoms with van der Waals surface area (Å²) in [6.07, 6.45) is 0.000952. The van der Waals surface area contributed by atoms with Crippen LogP contribution in [0.5, 0.6) is 0 Å². The molecule has 0 bridgehead atoms. The van der Waals surface area contributed by atoms with Gasteiger partial charge < -0.3 is 15.0 Å². The number of anilines is 1. The molecule has 0 spiro atoms. The number of carbonyl (C=O) groups excluding carboxylic acids is 4. The van der Waals surface area contributed by atoms with Gasteiger partial charge in [-0.2, -0.15) is 0 Å². The van der Waals surface area contributed by atoms with Gasteiger partial charge in [-0.15, -0.1) is 0 Å². The van der Waals surface area contributed by atoms with Gasteiger partial charge in [0.05, 0.1) is 18.4 Å². The molecule has 2 aromatic rings. The Morgan fingerprint density at radius 3 is 2.47 bits per heavy atom. The second kappa shape index (κ2) is 7.98. The lowest BCUT2D eigenvalue weighted by molar-refractivity contribution is -0.141. The largest absolute Gasteiger partial charge is 0.468 e. The van der Waals surface area contributed by atoms with Crippen LogP contribution in [0.15, 0.2) is 48.5 Å². The Morgan fingerprint density at radius 1 is 1.00 bits per heavy atom. The predicted molar refractivity (Wildman–Crippen MR) is 108 cm³/mol. The zero-order chi connectivity index (χ0) is 21.3. The summed E-state index contributed by atoms with van der Waals surface area (Å²) in [7, 11) is 1.25. The molecule has 2 aliphatic rings. The molecule has 1 atom stereocenters. The van der Waals surface area contributed by atoms with Gasteiger partial charge in [-0.05, 0) is 24.6 Å². The van der Waals surface area contributed by atoms with Crippen LogP contribution in [0.1, 0.15) is 45.3 Å². The van der Waals surface area contributed by atoms with E-state index in [-0.39, 0.29) is 30.7 Å². The van der Waals surface area contributed by atoms with Crippen LogP contribution in [0.2, 0.25) is 0 Å². The van der Waals surface area contributed by atoms with E-state index in [1.165, 1.54) is 7.11 Å². The van der Waals surface area contributed by atoms with Crippen molar-refractivity contribution in [3.63, 3.8) is 0 Å². The smallest absolute Gasteiger partial charge is 0.325 e. The zero-order valence-corrected chi connectivity index (χ0v) is 16.5. The summed E-state index contributed by atoms with van der Waals surface area (Å²) in [4.78, 5) is 52.7. The number of hydrogen-bond donors (Lipinski definition) is 1. The van der Waals surface area contributed by atoms with Gasteiger partial charge in [-0.1, -0.05) is 30.3 Å². The van der Waals surface area contributed by atoms with Gasteiger partial charge in [0.1, 0.15) is 12.7 Å². The molecule has 8 heteroatoms. The number of carbonyl (C=O) groups is 4. The molecule has 0 saturated carbocycles. The highest BCUT2D eigenvalue weighted by atomic mass is 16.5. The van der Waals surface area contributed by atoms with Crippen LogP contribution in [0.3, 0.4) is 0 Å². The lowest BCUT2D eigenvalue weighted by Gasteiger charge is -2.41. The van der Waals surface area contributed by atoms with Crippen molar-refractivity contribution in [2.75, 3.05) is 25.1 Å². The number of para-hydroxylation sites is 1. The number of hydrogen-bond acceptors (Lipinski definition) is 5. The Hall–Kier alpha value is -3.68. The highest BCUT2D eigenvalue weighted by Gasteiger charge is 2.47. The van der Waals surface area contributed by atoms with Crippen molar-refractivity contribution < 1.29 is 23.9 Å². The van der Waals surface area contributed by atoms with Crippen LogP contribution in [0.25, 0.3) is 0 Å². The van der Waals surface area contributed by atoms with E-state index in [1.807, 2.05) is 12.1 Å². The predicted octanol–water partition coefficient (Wildman–Crippen LogP) is 1.87.